The molecule has 0 aliphatic carbocycles. The smallest absolute Gasteiger partial charge is 0.237 e. The number of carbonyl (C=O) groups excluding carboxylic acids is 1. The Balaban J connectivity index is 1.63. The summed E-state index contributed by atoms with van der Waals surface area (Å²) in [6.45, 7) is 1.96. The van der Waals surface area contributed by atoms with Crippen molar-refractivity contribution < 1.29 is 9.53 Å². The minimum absolute atomic E-state index is 0.0265. The van der Waals surface area contributed by atoms with Crippen molar-refractivity contribution in [2.45, 2.75) is 25.3 Å². The molecule has 2 N–H and O–H groups in total. The Hall–Kier alpha value is -1.07. The van der Waals surface area contributed by atoms with Gasteiger partial charge in [0.25, 0.3) is 0 Å². The van der Waals surface area contributed by atoms with Crippen LogP contribution >= 0.6 is 15.9 Å². The van der Waals surface area contributed by atoms with E-state index in [9.17, 15) is 4.79 Å². The highest BCUT2D eigenvalue weighted by atomic mass is 79.9. The van der Waals surface area contributed by atoms with Crippen molar-refractivity contribution in [2.75, 3.05) is 19.7 Å². The number of piperidine rings is 1. The van der Waals surface area contributed by atoms with Crippen molar-refractivity contribution in [3.8, 4) is 5.75 Å². The predicted molar refractivity (Wildman–Crippen MR) is 78.3 cm³/mol. The molecule has 1 aromatic carbocycles. The SMILES string of the molecule is O=C(NCCOc1ccc(Br)cc1)C1CCCCN1. The van der Waals surface area contributed by atoms with Crippen LogP contribution in [0, 0.1) is 0 Å². The summed E-state index contributed by atoms with van der Waals surface area (Å²) >= 11 is 3.37. The summed E-state index contributed by atoms with van der Waals surface area (Å²) in [5, 5.41) is 6.12. The van der Waals surface area contributed by atoms with Crippen molar-refractivity contribution in [1.29, 1.82) is 0 Å². The average molecular weight is 327 g/mol. The van der Waals surface area contributed by atoms with E-state index in [2.05, 4.69) is 26.6 Å². The normalized spacial score (nSPS) is 18.9. The Bertz CT molecular complexity index is 402. The summed E-state index contributed by atoms with van der Waals surface area (Å²) < 4.78 is 6.57. The van der Waals surface area contributed by atoms with Crippen LogP contribution in [0.25, 0.3) is 0 Å². The van der Waals surface area contributed by atoms with E-state index in [-0.39, 0.29) is 11.9 Å². The van der Waals surface area contributed by atoms with Gasteiger partial charge >= 0.3 is 0 Å². The summed E-state index contributed by atoms with van der Waals surface area (Å²) in [6.07, 6.45) is 3.22. The minimum atomic E-state index is -0.0265. The number of amides is 1. The standard InChI is InChI=1S/C14H19BrN2O2/c15-11-4-6-12(7-5-11)19-10-9-17-14(18)13-3-1-2-8-16-13/h4-7,13,16H,1-3,8-10H2,(H,17,18). The number of benzene rings is 1. The molecule has 1 aliphatic heterocycles. The van der Waals surface area contributed by atoms with E-state index in [0.29, 0.717) is 13.2 Å². The molecule has 0 bridgehead atoms. The van der Waals surface area contributed by atoms with Crippen LogP contribution < -0.4 is 15.4 Å². The molecule has 104 valence electrons. The number of hydrogen-bond acceptors (Lipinski definition) is 3. The number of nitrogens with one attached hydrogen (secondary N) is 2. The Morgan fingerprint density at radius 1 is 1.37 bits per heavy atom. The van der Waals surface area contributed by atoms with Gasteiger partial charge in [-0.25, -0.2) is 0 Å². The molecule has 19 heavy (non-hydrogen) atoms. The van der Waals surface area contributed by atoms with Crippen LogP contribution in [0.4, 0.5) is 0 Å². The molecule has 1 saturated heterocycles. The Morgan fingerprint density at radius 3 is 2.84 bits per heavy atom. The summed E-state index contributed by atoms with van der Waals surface area (Å²) in [5.41, 5.74) is 0. The maximum Gasteiger partial charge on any atom is 0.237 e. The number of carbonyl (C=O) groups is 1. The molecule has 0 radical (unpaired) electrons. The molecule has 4 nitrogen and oxygen atoms in total. The van der Waals surface area contributed by atoms with Gasteiger partial charge in [0.05, 0.1) is 12.6 Å². The van der Waals surface area contributed by atoms with Crippen LogP contribution in [-0.4, -0.2) is 31.6 Å². The van der Waals surface area contributed by atoms with E-state index in [0.717, 1.165) is 36.0 Å². The lowest BCUT2D eigenvalue weighted by Crippen LogP contribution is -2.47. The average Bonchev–Trinajstić information content (AvgIpc) is 2.46. The van der Waals surface area contributed by atoms with Crippen molar-refractivity contribution in [2.24, 2.45) is 0 Å². The minimum Gasteiger partial charge on any atom is -0.492 e. The largest absolute Gasteiger partial charge is 0.492 e. The maximum atomic E-state index is 11.8. The quantitative estimate of drug-likeness (QED) is 0.814. The second-order valence-electron chi connectivity index (χ2n) is 4.60. The van der Waals surface area contributed by atoms with Crippen molar-refractivity contribution in [1.82, 2.24) is 10.6 Å². The van der Waals surface area contributed by atoms with E-state index < -0.39 is 0 Å². The fourth-order valence-corrected chi connectivity index (χ4v) is 2.34. The van der Waals surface area contributed by atoms with Gasteiger partial charge in [-0.2, -0.15) is 0 Å². The fourth-order valence-electron chi connectivity index (χ4n) is 2.07. The first-order valence-corrected chi connectivity index (χ1v) is 7.44. The Labute approximate surface area is 122 Å². The summed E-state index contributed by atoms with van der Waals surface area (Å²) in [7, 11) is 0. The second kappa shape index (κ2) is 7.50. The number of ether oxygens (including phenoxy) is 1. The second-order valence-corrected chi connectivity index (χ2v) is 5.51. The third-order valence-corrected chi connectivity index (χ3v) is 3.64. The van der Waals surface area contributed by atoms with Gasteiger partial charge in [-0.15, -0.1) is 0 Å². The number of halogens is 1. The molecule has 1 atom stereocenters. The third-order valence-electron chi connectivity index (χ3n) is 3.11. The summed E-state index contributed by atoms with van der Waals surface area (Å²) in [6, 6.07) is 7.63. The first kappa shape index (κ1) is 14.3. The van der Waals surface area contributed by atoms with Gasteiger partial charge in [-0.3, -0.25) is 4.79 Å². The summed E-state index contributed by atoms with van der Waals surface area (Å²) in [4.78, 5) is 11.8. The number of hydrogen-bond donors (Lipinski definition) is 2. The van der Waals surface area contributed by atoms with E-state index in [1.54, 1.807) is 0 Å². The molecular formula is C14H19BrN2O2. The highest BCUT2D eigenvalue weighted by Crippen LogP contribution is 2.15. The zero-order valence-corrected chi connectivity index (χ0v) is 12.4. The molecule has 1 fully saturated rings. The zero-order chi connectivity index (χ0) is 13.5. The molecule has 1 heterocycles. The van der Waals surface area contributed by atoms with Crippen molar-refractivity contribution in [3.63, 3.8) is 0 Å². The van der Waals surface area contributed by atoms with Gasteiger partial charge in [0.2, 0.25) is 5.91 Å². The lowest BCUT2D eigenvalue weighted by Gasteiger charge is -2.22. The molecule has 0 saturated carbocycles. The highest BCUT2D eigenvalue weighted by Gasteiger charge is 2.19. The van der Waals surface area contributed by atoms with E-state index in [1.807, 2.05) is 24.3 Å². The summed E-state index contributed by atoms with van der Waals surface area (Å²) in [5.74, 6) is 0.896. The molecule has 0 aromatic heterocycles. The first-order chi connectivity index (χ1) is 9.25. The van der Waals surface area contributed by atoms with Crippen LogP contribution in [0.15, 0.2) is 28.7 Å². The van der Waals surface area contributed by atoms with Gasteiger partial charge in [-0.1, -0.05) is 22.4 Å². The molecule has 1 amide bonds. The monoisotopic (exact) mass is 326 g/mol. The molecule has 1 unspecified atom stereocenters. The lowest BCUT2D eigenvalue weighted by molar-refractivity contribution is -0.123. The first-order valence-electron chi connectivity index (χ1n) is 6.65. The third kappa shape index (κ3) is 4.84. The van der Waals surface area contributed by atoms with Crippen molar-refractivity contribution in [3.05, 3.63) is 28.7 Å². The molecule has 0 spiro atoms. The van der Waals surface area contributed by atoms with Gasteiger partial charge in [0.15, 0.2) is 0 Å². The van der Waals surface area contributed by atoms with Crippen LogP contribution in [0.3, 0.4) is 0 Å². The Morgan fingerprint density at radius 2 is 2.16 bits per heavy atom. The Kier molecular flexibility index (Phi) is 5.66. The molecule has 2 rings (SSSR count). The predicted octanol–water partition coefficient (Wildman–Crippen LogP) is 2.09. The lowest BCUT2D eigenvalue weighted by atomic mass is 10.0. The molecule has 1 aliphatic rings. The van der Waals surface area contributed by atoms with Gasteiger partial charge < -0.3 is 15.4 Å². The van der Waals surface area contributed by atoms with Gasteiger partial charge in [0, 0.05) is 4.47 Å². The van der Waals surface area contributed by atoms with E-state index in [4.69, 9.17) is 4.74 Å². The molecular weight excluding hydrogens is 308 g/mol. The highest BCUT2D eigenvalue weighted by molar-refractivity contribution is 9.10. The van der Waals surface area contributed by atoms with Gasteiger partial charge in [-0.05, 0) is 43.7 Å². The molecule has 5 heteroatoms. The van der Waals surface area contributed by atoms with Gasteiger partial charge in [0.1, 0.15) is 12.4 Å². The van der Waals surface area contributed by atoms with Crippen molar-refractivity contribution >= 4 is 21.8 Å². The van der Waals surface area contributed by atoms with E-state index in [1.165, 1.54) is 0 Å². The van der Waals surface area contributed by atoms with Crippen LogP contribution in [0.2, 0.25) is 0 Å². The van der Waals surface area contributed by atoms with Crippen LogP contribution in [0.5, 0.6) is 5.75 Å². The van der Waals surface area contributed by atoms with Crippen LogP contribution in [-0.2, 0) is 4.79 Å². The number of rotatable bonds is 5. The topological polar surface area (TPSA) is 50.4 Å². The fraction of sp³-hybridized carbons (Fsp3) is 0.500. The molecule has 1 aromatic rings. The zero-order valence-electron chi connectivity index (χ0n) is 10.8. The van der Waals surface area contributed by atoms with Crippen LogP contribution in [0.1, 0.15) is 19.3 Å². The maximum absolute atomic E-state index is 11.8. The van der Waals surface area contributed by atoms with E-state index >= 15 is 0 Å².